The average molecular weight is 365 g/mol. The van der Waals surface area contributed by atoms with Crippen LogP contribution in [0.2, 0.25) is 0 Å². The molecule has 21 heavy (non-hydrogen) atoms. The molecule has 0 spiro atoms. The minimum Gasteiger partial charge on any atom is -0.326 e. The van der Waals surface area contributed by atoms with Gasteiger partial charge in [-0.15, -0.1) is 0 Å². The van der Waals surface area contributed by atoms with E-state index in [9.17, 15) is 0 Å². The van der Waals surface area contributed by atoms with Crippen molar-refractivity contribution in [1.29, 1.82) is 0 Å². The topological polar surface area (TPSA) is 29.3 Å². The third-order valence-corrected chi connectivity index (χ3v) is 5.29. The van der Waals surface area contributed by atoms with Gasteiger partial charge in [-0.1, -0.05) is 28.1 Å². The lowest BCUT2D eigenvalue weighted by molar-refractivity contribution is 0.157. The predicted molar refractivity (Wildman–Crippen MR) is 93.4 cm³/mol. The Balaban J connectivity index is 1.87. The zero-order valence-corrected chi connectivity index (χ0v) is 14.6. The van der Waals surface area contributed by atoms with Crippen LogP contribution in [0.15, 0.2) is 45.6 Å². The SMILES string of the molecule is CC(N)C(c1ccc(Br)cc1)N(Cc1ccsc1)C1CC1. The number of nitrogens with two attached hydrogens (primary N) is 1. The minimum atomic E-state index is 0.116. The molecule has 1 fully saturated rings. The molecule has 2 nitrogen and oxygen atoms in total. The van der Waals surface area contributed by atoms with E-state index in [1.807, 2.05) is 0 Å². The number of thiophene rings is 1. The second-order valence-electron chi connectivity index (χ2n) is 5.89. The summed E-state index contributed by atoms with van der Waals surface area (Å²) in [7, 11) is 0. The van der Waals surface area contributed by atoms with Crippen molar-refractivity contribution in [3.05, 3.63) is 56.7 Å². The molecule has 1 aliphatic carbocycles. The summed E-state index contributed by atoms with van der Waals surface area (Å²) in [5, 5.41) is 4.40. The minimum absolute atomic E-state index is 0.116. The number of hydrogen-bond donors (Lipinski definition) is 1. The van der Waals surface area contributed by atoms with E-state index in [2.05, 4.69) is 68.8 Å². The molecule has 2 aromatic rings. The Morgan fingerprint density at radius 3 is 2.52 bits per heavy atom. The Labute approximate surface area is 139 Å². The zero-order chi connectivity index (χ0) is 14.8. The van der Waals surface area contributed by atoms with Crippen LogP contribution in [0.3, 0.4) is 0 Å². The molecule has 1 aromatic carbocycles. The molecule has 1 aliphatic rings. The number of rotatable bonds is 6. The Morgan fingerprint density at radius 1 is 1.29 bits per heavy atom. The van der Waals surface area contributed by atoms with Gasteiger partial charge in [-0.25, -0.2) is 0 Å². The molecule has 2 atom stereocenters. The summed E-state index contributed by atoms with van der Waals surface area (Å²) in [6, 6.07) is 11.9. The molecule has 1 heterocycles. The van der Waals surface area contributed by atoms with Gasteiger partial charge in [0.05, 0.1) is 6.04 Å². The number of benzene rings is 1. The lowest BCUT2D eigenvalue weighted by Gasteiger charge is -2.35. The highest BCUT2D eigenvalue weighted by molar-refractivity contribution is 9.10. The molecule has 1 aromatic heterocycles. The standard InChI is InChI=1S/C17H21BrN2S/c1-12(19)17(14-2-4-15(18)5-3-14)20(16-6-7-16)10-13-8-9-21-11-13/h2-5,8-9,11-12,16-17H,6-7,10,19H2,1H3. The maximum atomic E-state index is 6.35. The lowest BCUT2D eigenvalue weighted by atomic mass is 9.98. The van der Waals surface area contributed by atoms with Crippen molar-refractivity contribution in [2.24, 2.45) is 5.73 Å². The highest BCUT2D eigenvalue weighted by atomic mass is 79.9. The Kier molecular flexibility index (Phi) is 4.79. The molecular weight excluding hydrogens is 344 g/mol. The normalized spacial score (nSPS) is 17.9. The molecule has 3 rings (SSSR count). The third-order valence-electron chi connectivity index (χ3n) is 4.03. The molecule has 4 heteroatoms. The average Bonchev–Trinajstić information content (AvgIpc) is 3.18. The van der Waals surface area contributed by atoms with Gasteiger partial charge in [0.1, 0.15) is 0 Å². The van der Waals surface area contributed by atoms with Gasteiger partial charge in [0.25, 0.3) is 0 Å². The highest BCUT2D eigenvalue weighted by Crippen LogP contribution is 2.37. The van der Waals surface area contributed by atoms with E-state index in [0.29, 0.717) is 6.04 Å². The summed E-state index contributed by atoms with van der Waals surface area (Å²) >= 11 is 5.28. The summed E-state index contributed by atoms with van der Waals surface area (Å²) in [5.41, 5.74) is 9.06. The molecule has 2 N–H and O–H groups in total. The summed E-state index contributed by atoms with van der Waals surface area (Å²) < 4.78 is 1.12. The first kappa shape index (κ1) is 15.2. The molecular formula is C17H21BrN2S. The predicted octanol–water partition coefficient (Wildman–Crippen LogP) is 4.56. The number of hydrogen-bond acceptors (Lipinski definition) is 3. The van der Waals surface area contributed by atoms with Gasteiger partial charge < -0.3 is 5.73 Å². The van der Waals surface area contributed by atoms with Crippen molar-refractivity contribution in [3.8, 4) is 0 Å². The first-order chi connectivity index (χ1) is 10.1. The van der Waals surface area contributed by atoms with Crippen LogP contribution in [0.1, 0.15) is 36.9 Å². The van der Waals surface area contributed by atoms with Crippen LogP contribution in [-0.2, 0) is 6.54 Å². The summed E-state index contributed by atoms with van der Waals surface area (Å²) in [5.74, 6) is 0. The highest BCUT2D eigenvalue weighted by Gasteiger charge is 2.36. The number of halogens is 1. The fraction of sp³-hybridized carbons (Fsp3) is 0.412. The molecule has 0 bridgehead atoms. The van der Waals surface area contributed by atoms with E-state index in [1.54, 1.807) is 11.3 Å². The van der Waals surface area contributed by atoms with Crippen LogP contribution in [0.4, 0.5) is 0 Å². The molecule has 0 amide bonds. The van der Waals surface area contributed by atoms with Crippen LogP contribution < -0.4 is 5.73 Å². The van der Waals surface area contributed by atoms with Gasteiger partial charge in [0.2, 0.25) is 0 Å². The molecule has 0 saturated heterocycles. The van der Waals surface area contributed by atoms with E-state index in [-0.39, 0.29) is 12.1 Å². The largest absolute Gasteiger partial charge is 0.326 e. The quantitative estimate of drug-likeness (QED) is 0.813. The van der Waals surface area contributed by atoms with Crippen LogP contribution in [0, 0.1) is 0 Å². The molecule has 1 saturated carbocycles. The van der Waals surface area contributed by atoms with Gasteiger partial charge in [-0.2, -0.15) is 11.3 Å². The van der Waals surface area contributed by atoms with Crippen LogP contribution in [-0.4, -0.2) is 17.0 Å². The van der Waals surface area contributed by atoms with Crippen molar-refractivity contribution in [2.45, 2.75) is 44.4 Å². The Bertz CT molecular complexity index is 561. The van der Waals surface area contributed by atoms with Crippen molar-refractivity contribution in [3.63, 3.8) is 0 Å². The summed E-state index contributed by atoms with van der Waals surface area (Å²) in [6.45, 7) is 3.12. The van der Waals surface area contributed by atoms with Crippen LogP contribution in [0.5, 0.6) is 0 Å². The van der Waals surface area contributed by atoms with Gasteiger partial charge in [-0.05, 0) is 59.9 Å². The van der Waals surface area contributed by atoms with Gasteiger partial charge >= 0.3 is 0 Å². The summed E-state index contributed by atoms with van der Waals surface area (Å²) in [4.78, 5) is 2.59. The van der Waals surface area contributed by atoms with E-state index in [1.165, 1.54) is 24.0 Å². The van der Waals surface area contributed by atoms with Crippen molar-refractivity contribution < 1.29 is 0 Å². The van der Waals surface area contributed by atoms with Gasteiger partial charge in [0, 0.05) is 23.1 Å². The van der Waals surface area contributed by atoms with Crippen molar-refractivity contribution >= 4 is 27.3 Å². The monoisotopic (exact) mass is 364 g/mol. The Hall–Kier alpha value is -0.680. The second-order valence-corrected chi connectivity index (χ2v) is 7.59. The Morgan fingerprint density at radius 2 is 2.00 bits per heavy atom. The van der Waals surface area contributed by atoms with Gasteiger partial charge in [-0.3, -0.25) is 4.90 Å². The number of nitrogens with zero attached hydrogens (tertiary/aromatic N) is 1. The lowest BCUT2D eigenvalue weighted by Crippen LogP contribution is -2.40. The van der Waals surface area contributed by atoms with E-state index >= 15 is 0 Å². The second kappa shape index (κ2) is 6.61. The molecule has 0 aliphatic heterocycles. The smallest absolute Gasteiger partial charge is 0.0502 e. The van der Waals surface area contributed by atoms with E-state index in [0.717, 1.165) is 11.0 Å². The van der Waals surface area contributed by atoms with Crippen LogP contribution >= 0.6 is 27.3 Å². The van der Waals surface area contributed by atoms with E-state index in [4.69, 9.17) is 5.73 Å². The fourth-order valence-electron chi connectivity index (χ4n) is 2.91. The van der Waals surface area contributed by atoms with Crippen molar-refractivity contribution in [2.75, 3.05) is 0 Å². The molecule has 2 unspecified atom stereocenters. The first-order valence-corrected chi connectivity index (χ1v) is 9.16. The zero-order valence-electron chi connectivity index (χ0n) is 12.2. The fourth-order valence-corrected chi connectivity index (χ4v) is 3.84. The first-order valence-electron chi connectivity index (χ1n) is 7.43. The maximum absolute atomic E-state index is 6.35. The van der Waals surface area contributed by atoms with E-state index < -0.39 is 0 Å². The maximum Gasteiger partial charge on any atom is 0.0502 e. The van der Waals surface area contributed by atoms with Crippen molar-refractivity contribution in [1.82, 2.24) is 4.90 Å². The third kappa shape index (κ3) is 3.75. The molecule has 0 radical (unpaired) electrons. The summed E-state index contributed by atoms with van der Waals surface area (Å²) in [6.07, 6.45) is 2.59. The molecule has 112 valence electrons. The van der Waals surface area contributed by atoms with Gasteiger partial charge in [0.15, 0.2) is 0 Å². The van der Waals surface area contributed by atoms with Crippen LogP contribution in [0.25, 0.3) is 0 Å².